The first-order valence-corrected chi connectivity index (χ1v) is 16.8. The number of thiophene rings is 1. The van der Waals surface area contributed by atoms with E-state index in [1.165, 1.54) is 31.3 Å². The zero-order chi connectivity index (χ0) is 31.6. The van der Waals surface area contributed by atoms with Gasteiger partial charge in [-0.3, -0.25) is 0 Å². The molecular formula is C43H26N2O2S. The van der Waals surface area contributed by atoms with Crippen molar-refractivity contribution in [3.05, 3.63) is 158 Å². The van der Waals surface area contributed by atoms with Crippen LogP contribution in [0.15, 0.2) is 167 Å². The third kappa shape index (κ3) is 4.33. The molecule has 7 aromatic carbocycles. The molecule has 0 radical (unpaired) electrons. The number of hydrogen-bond donors (Lipinski definition) is 0. The Morgan fingerprint density at radius 2 is 1.10 bits per heavy atom. The Labute approximate surface area is 279 Å². The molecule has 0 aliphatic carbocycles. The van der Waals surface area contributed by atoms with E-state index in [0.29, 0.717) is 5.89 Å². The summed E-state index contributed by atoms with van der Waals surface area (Å²) >= 11 is 1.83. The number of nitrogens with zero attached hydrogens (tertiary/aromatic N) is 2. The van der Waals surface area contributed by atoms with E-state index < -0.39 is 0 Å². The molecule has 0 unspecified atom stereocenters. The van der Waals surface area contributed by atoms with Crippen LogP contribution in [0.4, 0.5) is 17.1 Å². The van der Waals surface area contributed by atoms with Gasteiger partial charge in [-0.2, -0.15) is 0 Å². The molecule has 0 fully saturated rings. The summed E-state index contributed by atoms with van der Waals surface area (Å²) < 4.78 is 15.4. The highest BCUT2D eigenvalue weighted by molar-refractivity contribution is 7.25. The highest BCUT2D eigenvalue weighted by Crippen LogP contribution is 2.43. The van der Waals surface area contributed by atoms with Crippen molar-refractivity contribution in [3.63, 3.8) is 0 Å². The number of furan rings is 1. The fourth-order valence-electron chi connectivity index (χ4n) is 6.81. The van der Waals surface area contributed by atoms with Gasteiger partial charge in [0.05, 0.1) is 5.39 Å². The monoisotopic (exact) mass is 634 g/mol. The van der Waals surface area contributed by atoms with Crippen molar-refractivity contribution in [3.8, 4) is 22.6 Å². The molecule has 0 spiro atoms. The lowest BCUT2D eigenvalue weighted by Crippen LogP contribution is -2.09. The smallest absolute Gasteiger partial charge is 0.227 e. The molecule has 10 rings (SSSR count). The molecule has 10 aromatic rings. The van der Waals surface area contributed by atoms with Crippen molar-refractivity contribution in [2.24, 2.45) is 0 Å². The topological polar surface area (TPSA) is 42.4 Å². The number of hydrogen-bond acceptors (Lipinski definition) is 5. The van der Waals surface area contributed by atoms with E-state index >= 15 is 0 Å². The molecule has 48 heavy (non-hydrogen) atoms. The van der Waals surface area contributed by atoms with Gasteiger partial charge < -0.3 is 13.7 Å². The number of fused-ring (bicyclic) bond motifs is 8. The van der Waals surface area contributed by atoms with Gasteiger partial charge >= 0.3 is 0 Å². The highest BCUT2D eigenvalue weighted by atomic mass is 32.1. The number of rotatable bonds is 5. The maximum absolute atomic E-state index is 6.51. The minimum atomic E-state index is 0.603. The average molecular weight is 635 g/mol. The first kappa shape index (κ1) is 27.0. The summed E-state index contributed by atoms with van der Waals surface area (Å²) in [4.78, 5) is 7.11. The van der Waals surface area contributed by atoms with E-state index in [2.05, 4.69) is 114 Å². The van der Waals surface area contributed by atoms with E-state index in [0.717, 1.165) is 55.7 Å². The van der Waals surface area contributed by atoms with Gasteiger partial charge in [-0.15, -0.1) is 11.3 Å². The van der Waals surface area contributed by atoms with Crippen LogP contribution >= 0.6 is 11.3 Å². The molecule has 5 heteroatoms. The number of benzene rings is 7. The maximum atomic E-state index is 6.51. The summed E-state index contributed by atoms with van der Waals surface area (Å²) in [6.07, 6.45) is 0. The molecule has 3 heterocycles. The Kier molecular flexibility index (Phi) is 6.01. The van der Waals surface area contributed by atoms with Gasteiger partial charge in [0, 0.05) is 54.3 Å². The summed E-state index contributed by atoms with van der Waals surface area (Å²) in [5, 5.41) is 4.50. The van der Waals surface area contributed by atoms with Crippen LogP contribution in [0.1, 0.15) is 0 Å². The lowest BCUT2D eigenvalue weighted by molar-refractivity contribution is 0.622. The highest BCUT2D eigenvalue weighted by Gasteiger charge is 2.20. The van der Waals surface area contributed by atoms with E-state index in [9.17, 15) is 0 Å². The van der Waals surface area contributed by atoms with Crippen LogP contribution in [0.5, 0.6) is 0 Å². The summed E-state index contributed by atoms with van der Waals surface area (Å²) in [5.41, 5.74) is 9.59. The fraction of sp³-hybridized carbons (Fsp3) is 0. The number of anilines is 3. The van der Waals surface area contributed by atoms with Crippen LogP contribution in [0.2, 0.25) is 0 Å². The molecule has 226 valence electrons. The first-order chi connectivity index (χ1) is 23.8. The Balaban J connectivity index is 1.14. The molecule has 0 bridgehead atoms. The van der Waals surface area contributed by atoms with Crippen LogP contribution in [-0.2, 0) is 0 Å². The third-order valence-corrected chi connectivity index (χ3v) is 10.2. The predicted molar refractivity (Wildman–Crippen MR) is 200 cm³/mol. The molecule has 0 aliphatic heterocycles. The number of aromatic nitrogens is 1. The zero-order valence-electron chi connectivity index (χ0n) is 25.6. The third-order valence-electron chi connectivity index (χ3n) is 9.11. The summed E-state index contributed by atoms with van der Waals surface area (Å²) in [6, 6.07) is 55.1. The quantitative estimate of drug-likeness (QED) is 0.189. The van der Waals surface area contributed by atoms with Crippen molar-refractivity contribution in [1.82, 2.24) is 4.98 Å². The molecule has 0 aliphatic rings. The standard InChI is InChI=1S/C43H26N2O2S/c1-3-9-27(10-4-1)28-15-17-30(18-16-28)45(32-19-21-34-33-13-7-8-14-39(33)48-40(34)26-32)31-20-22-35-38(25-31)46-37-24-23-36-42(41(35)37)47-43(44-36)29-11-5-2-6-12-29/h1-26H. The van der Waals surface area contributed by atoms with Crippen LogP contribution in [0.25, 0.3) is 75.8 Å². The Morgan fingerprint density at radius 3 is 1.92 bits per heavy atom. The molecule has 0 saturated heterocycles. The van der Waals surface area contributed by atoms with E-state index in [1.807, 2.05) is 59.9 Å². The second-order valence-electron chi connectivity index (χ2n) is 12.0. The maximum Gasteiger partial charge on any atom is 0.227 e. The van der Waals surface area contributed by atoms with Gasteiger partial charge in [-0.05, 0) is 77.9 Å². The van der Waals surface area contributed by atoms with E-state index in [1.54, 1.807) is 0 Å². The summed E-state index contributed by atoms with van der Waals surface area (Å²) in [7, 11) is 0. The van der Waals surface area contributed by atoms with Crippen LogP contribution in [0.3, 0.4) is 0 Å². The van der Waals surface area contributed by atoms with Gasteiger partial charge in [0.25, 0.3) is 0 Å². The first-order valence-electron chi connectivity index (χ1n) is 15.9. The number of oxazole rings is 1. The minimum absolute atomic E-state index is 0.603. The van der Waals surface area contributed by atoms with Gasteiger partial charge in [0.2, 0.25) is 5.89 Å². The van der Waals surface area contributed by atoms with Crippen molar-refractivity contribution in [1.29, 1.82) is 0 Å². The lowest BCUT2D eigenvalue weighted by atomic mass is 10.0. The molecule has 0 amide bonds. The molecule has 3 aromatic heterocycles. The van der Waals surface area contributed by atoms with Crippen LogP contribution in [-0.4, -0.2) is 4.98 Å². The zero-order valence-corrected chi connectivity index (χ0v) is 26.4. The molecule has 0 atom stereocenters. The van der Waals surface area contributed by atoms with Crippen molar-refractivity contribution in [2.75, 3.05) is 4.90 Å². The molecule has 4 nitrogen and oxygen atoms in total. The Morgan fingerprint density at radius 1 is 0.458 bits per heavy atom. The second kappa shape index (κ2) is 10.7. The van der Waals surface area contributed by atoms with E-state index in [4.69, 9.17) is 13.8 Å². The lowest BCUT2D eigenvalue weighted by Gasteiger charge is -2.26. The van der Waals surface area contributed by atoms with Crippen molar-refractivity contribution < 1.29 is 8.83 Å². The van der Waals surface area contributed by atoms with Crippen molar-refractivity contribution in [2.45, 2.75) is 0 Å². The van der Waals surface area contributed by atoms with Crippen LogP contribution in [0, 0.1) is 0 Å². The van der Waals surface area contributed by atoms with Gasteiger partial charge in [-0.1, -0.05) is 84.9 Å². The Bertz CT molecular complexity index is 2780. The molecule has 0 saturated carbocycles. The summed E-state index contributed by atoms with van der Waals surface area (Å²) in [5.74, 6) is 0.603. The average Bonchev–Trinajstić information content (AvgIpc) is 3.85. The SMILES string of the molecule is c1ccc(-c2ccc(N(c3ccc4c(c3)oc3ccc5nc(-c6ccccc6)oc5c34)c3ccc4c(c3)sc3ccccc34)cc2)cc1. The minimum Gasteiger partial charge on any atom is -0.456 e. The Hall–Kier alpha value is -6.17. The van der Waals surface area contributed by atoms with Crippen molar-refractivity contribution >= 4 is 81.6 Å². The molecular weight excluding hydrogens is 609 g/mol. The largest absolute Gasteiger partial charge is 0.456 e. The molecule has 0 N–H and O–H groups in total. The van der Waals surface area contributed by atoms with Crippen LogP contribution < -0.4 is 4.90 Å². The summed E-state index contributed by atoms with van der Waals surface area (Å²) in [6.45, 7) is 0. The van der Waals surface area contributed by atoms with E-state index in [-0.39, 0.29) is 0 Å². The predicted octanol–water partition coefficient (Wildman–Crippen LogP) is 12.9. The second-order valence-corrected chi connectivity index (χ2v) is 13.1. The van der Waals surface area contributed by atoms with Gasteiger partial charge in [0.1, 0.15) is 16.7 Å². The van der Waals surface area contributed by atoms with Gasteiger partial charge in [0.15, 0.2) is 5.58 Å². The normalized spacial score (nSPS) is 11.8. The fourth-order valence-corrected chi connectivity index (χ4v) is 7.95. The van der Waals surface area contributed by atoms with Gasteiger partial charge in [-0.25, -0.2) is 4.98 Å².